The van der Waals surface area contributed by atoms with Crippen molar-refractivity contribution in [3.63, 3.8) is 0 Å². The highest BCUT2D eigenvalue weighted by Crippen LogP contribution is 2.27. The van der Waals surface area contributed by atoms with Crippen LogP contribution >= 0.6 is 11.6 Å². The molecular weight excluding hydrogens is 270 g/mol. The maximum Gasteiger partial charge on any atom is 0.251 e. The number of carbonyl (C=O) groups is 1. The highest BCUT2D eigenvalue weighted by atomic mass is 35.5. The Hall–Kier alpha value is -2.06. The van der Waals surface area contributed by atoms with Gasteiger partial charge in [0.15, 0.2) is 0 Å². The smallest absolute Gasteiger partial charge is 0.251 e. The first-order chi connectivity index (χ1) is 9.74. The van der Waals surface area contributed by atoms with Gasteiger partial charge in [-0.15, -0.1) is 0 Å². The van der Waals surface area contributed by atoms with Gasteiger partial charge < -0.3 is 4.90 Å². The molecule has 1 aliphatic heterocycles. The molecule has 0 bridgehead atoms. The van der Waals surface area contributed by atoms with Crippen molar-refractivity contribution in [1.29, 1.82) is 0 Å². The molecule has 3 heteroatoms. The number of para-hydroxylation sites is 1. The molecule has 20 heavy (non-hydrogen) atoms. The van der Waals surface area contributed by atoms with Crippen molar-refractivity contribution in [2.75, 3.05) is 11.4 Å². The van der Waals surface area contributed by atoms with Crippen LogP contribution in [0.3, 0.4) is 0 Å². The Morgan fingerprint density at radius 1 is 1.10 bits per heavy atom. The van der Waals surface area contributed by atoms with Crippen molar-refractivity contribution in [3.8, 4) is 0 Å². The molecule has 0 aromatic heterocycles. The molecule has 3 rings (SSSR count). The lowest BCUT2D eigenvalue weighted by molar-refractivity contribution is -0.114. The molecule has 0 spiro atoms. The Balaban J connectivity index is 1.76. The lowest BCUT2D eigenvalue weighted by Gasteiger charge is -2.14. The van der Waals surface area contributed by atoms with Gasteiger partial charge in [-0.3, -0.25) is 4.79 Å². The molecular formula is C17H14ClNO. The molecule has 0 N–H and O–H groups in total. The molecule has 100 valence electrons. The van der Waals surface area contributed by atoms with Crippen LogP contribution in [0, 0.1) is 0 Å². The van der Waals surface area contributed by atoms with Gasteiger partial charge in [-0.2, -0.15) is 0 Å². The second-order valence-corrected chi connectivity index (χ2v) is 5.19. The topological polar surface area (TPSA) is 20.3 Å². The molecule has 0 saturated carbocycles. The van der Waals surface area contributed by atoms with Gasteiger partial charge in [0.1, 0.15) is 0 Å². The largest absolute Gasteiger partial charge is 0.308 e. The number of fused-ring (bicyclic) bond motifs is 1. The Morgan fingerprint density at radius 3 is 2.65 bits per heavy atom. The van der Waals surface area contributed by atoms with Gasteiger partial charge in [0.05, 0.1) is 0 Å². The van der Waals surface area contributed by atoms with Gasteiger partial charge in [0.2, 0.25) is 0 Å². The third-order valence-corrected chi connectivity index (χ3v) is 3.69. The van der Waals surface area contributed by atoms with Crippen LogP contribution in [0.5, 0.6) is 0 Å². The van der Waals surface area contributed by atoms with E-state index in [2.05, 4.69) is 6.07 Å². The summed E-state index contributed by atoms with van der Waals surface area (Å²) in [6.45, 7) is 0.753. The number of benzene rings is 2. The van der Waals surface area contributed by atoms with Gasteiger partial charge in [-0.1, -0.05) is 41.9 Å². The maximum atomic E-state index is 12.3. The van der Waals surface area contributed by atoms with Gasteiger partial charge in [0.25, 0.3) is 5.91 Å². The van der Waals surface area contributed by atoms with Crippen molar-refractivity contribution >= 4 is 29.3 Å². The van der Waals surface area contributed by atoms with Gasteiger partial charge in [-0.05, 0) is 41.8 Å². The minimum absolute atomic E-state index is 0.0184. The van der Waals surface area contributed by atoms with E-state index in [9.17, 15) is 4.79 Å². The van der Waals surface area contributed by atoms with E-state index in [0.717, 1.165) is 24.2 Å². The highest BCUT2D eigenvalue weighted by Gasteiger charge is 2.22. The minimum Gasteiger partial charge on any atom is -0.308 e. The van der Waals surface area contributed by atoms with Crippen LogP contribution in [0.4, 0.5) is 5.69 Å². The van der Waals surface area contributed by atoms with E-state index in [1.807, 2.05) is 53.4 Å². The minimum atomic E-state index is 0.0184. The first kappa shape index (κ1) is 12.9. The summed E-state index contributed by atoms with van der Waals surface area (Å²) in [6.07, 6.45) is 4.36. The molecule has 0 unspecified atom stereocenters. The number of halogens is 1. The summed E-state index contributed by atoms with van der Waals surface area (Å²) in [5.41, 5.74) is 3.23. The molecule has 2 aromatic rings. The number of anilines is 1. The van der Waals surface area contributed by atoms with Crippen LogP contribution < -0.4 is 4.90 Å². The number of carbonyl (C=O) groups excluding carboxylic acids is 1. The summed E-state index contributed by atoms with van der Waals surface area (Å²) in [5, 5.41) is 0.696. The summed E-state index contributed by atoms with van der Waals surface area (Å²) >= 11 is 5.83. The van der Waals surface area contributed by atoms with Crippen LogP contribution in [-0.4, -0.2) is 12.5 Å². The molecule has 0 radical (unpaired) electrons. The fourth-order valence-corrected chi connectivity index (χ4v) is 2.52. The van der Waals surface area contributed by atoms with Crippen molar-refractivity contribution in [1.82, 2.24) is 0 Å². The van der Waals surface area contributed by atoms with Gasteiger partial charge in [0, 0.05) is 23.3 Å². The predicted molar refractivity (Wildman–Crippen MR) is 83.0 cm³/mol. The summed E-state index contributed by atoms with van der Waals surface area (Å²) in [4.78, 5) is 14.1. The maximum absolute atomic E-state index is 12.3. The summed E-state index contributed by atoms with van der Waals surface area (Å²) in [5.74, 6) is 0.0184. The SMILES string of the molecule is O=C(C=Cc1ccc(Cl)cc1)N1CCc2ccccc21. The van der Waals surface area contributed by atoms with Crippen molar-refractivity contribution in [2.45, 2.75) is 6.42 Å². The molecule has 2 nitrogen and oxygen atoms in total. The van der Waals surface area contributed by atoms with Gasteiger partial charge >= 0.3 is 0 Å². The first-order valence-electron chi connectivity index (χ1n) is 6.57. The standard InChI is InChI=1S/C17H14ClNO/c18-15-8-5-13(6-9-15)7-10-17(20)19-12-11-14-3-1-2-4-16(14)19/h1-10H,11-12H2. The fraction of sp³-hybridized carbons (Fsp3) is 0.118. The van der Waals surface area contributed by atoms with Crippen molar-refractivity contribution in [3.05, 3.63) is 70.8 Å². The Labute approximate surface area is 123 Å². The first-order valence-corrected chi connectivity index (χ1v) is 6.95. The van der Waals surface area contributed by atoms with E-state index < -0.39 is 0 Å². The Bertz CT molecular complexity index is 661. The number of nitrogens with zero attached hydrogens (tertiary/aromatic N) is 1. The lowest BCUT2D eigenvalue weighted by atomic mass is 10.2. The highest BCUT2D eigenvalue weighted by molar-refractivity contribution is 6.30. The average Bonchev–Trinajstić information content (AvgIpc) is 2.90. The van der Waals surface area contributed by atoms with Crippen molar-refractivity contribution in [2.24, 2.45) is 0 Å². The predicted octanol–water partition coefficient (Wildman–Crippen LogP) is 3.94. The second-order valence-electron chi connectivity index (χ2n) is 4.75. The zero-order valence-electron chi connectivity index (χ0n) is 10.9. The van der Waals surface area contributed by atoms with Gasteiger partial charge in [-0.25, -0.2) is 0 Å². The molecule has 0 aliphatic carbocycles. The van der Waals surface area contributed by atoms with E-state index in [0.29, 0.717) is 5.02 Å². The van der Waals surface area contributed by atoms with Crippen LogP contribution in [-0.2, 0) is 11.2 Å². The third kappa shape index (κ3) is 2.61. The molecule has 0 atom stereocenters. The average molecular weight is 284 g/mol. The van der Waals surface area contributed by atoms with Crippen LogP contribution in [0.15, 0.2) is 54.6 Å². The number of amides is 1. The molecule has 1 aliphatic rings. The Kier molecular flexibility index (Phi) is 3.57. The lowest BCUT2D eigenvalue weighted by Crippen LogP contribution is -2.26. The summed E-state index contributed by atoms with van der Waals surface area (Å²) < 4.78 is 0. The molecule has 1 heterocycles. The van der Waals surface area contributed by atoms with Crippen molar-refractivity contribution < 1.29 is 4.79 Å². The molecule has 1 amide bonds. The van der Waals surface area contributed by atoms with E-state index in [-0.39, 0.29) is 5.91 Å². The Morgan fingerprint density at radius 2 is 1.85 bits per heavy atom. The summed E-state index contributed by atoms with van der Waals surface area (Å²) in [6, 6.07) is 15.5. The van der Waals surface area contributed by atoms with Crippen LogP contribution in [0.2, 0.25) is 5.02 Å². The fourth-order valence-electron chi connectivity index (χ4n) is 2.40. The molecule has 0 saturated heterocycles. The van der Waals surface area contributed by atoms with Crippen LogP contribution in [0.25, 0.3) is 6.08 Å². The quantitative estimate of drug-likeness (QED) is 0.765. The number of hydrogen-bond donors (Lipinski definition) is 0. The number of hydrogen-bond acceptors (Lipinski definition) is 1. The molecule has 0 fully saturated rings. The third-order valence-electron chi connectivity index (χ3n) is 3.44. The van der Waals surface area contributed by atoms with E-state index in [4.69, 9.17) is 11.6 Å². The van der Waals surface area contributed by atoms with E-state index >= 15 is 0 Å². The van der Waals surface area contributed by atoms with E-state index in [1.54, 1.807) is 6.08 Å². The second kappa shape index (κ2) is 5.51. The monoisotopic (exact) mass is 283 g/mol. The molecule has 2 aromatic carbocycles. The summed E-state index contributed by atoms with van der Waals surface area (Å²) in [7, 11) is 0. The zero-order chi connectivity index (χ0) is 13.9. The zero-order valence-corrected chi connectivity index (χ0v) is 11.7. The van der Waals surface area contributed by atoms with Crippen LogP contribution in [0.1, 0.15) is 11.1 Å². The van der Waals surface area contributed by atoms with E-state index in [1.165, 1.54) is 5.56 Å². The number of rotatable bonds is 2. The normalized spacial score (nSPS) is 13.8.